The number of nitrogens with one attached hydrogen (secondary N) is 1. The Labute approximate surface area is 128 Å². The summed E-state index contributed by atoms with van der Waals surface area (Å²) in [5.74, 6) is -0.0973. The van der Waals surface area contributed by atoms with Crippen molar-refractivity contribution in [2.45, 2.75) is 12.5 Å². The molecular formula is C14H20ClN3O3. The Morgan fingerprint density at radius 2 is 2.38 bits per heavy atom. The summed E-state index contributed by atoms with van der Waals surface area (Å²) >= 11 is 5.83. The number of morpholine rings is 1. The fourth-order valence-electron chi connectivity index (χ4n) is 2.24. The summed E-state index contributed by atoms with van der Waals surface area (Å²) < 4.78 is 5.30. The van der Waals surface area contributed by atoms with E-state index < -0.39 is 0 Å². The van der Waals surface area contributed by atoms with Gasteiger partial charge in [-0.2, -0.15) is 0 Å². The van der Waals surface area contributed by atoms with E-state index >= 15 is 0 Å². The van der Waals surface area contributed by atoms with Gasteiger partial charge in [0.05, 0.1) is 36.6 Å². The number of hydrogen-bond acceptors (Lipinski definition) is 5. The number of anilines is 2. The van der Waals surface area contributed by atoms with Crippen LogP contribution in [0.25, 0.3) is 0 Å². The monoisotopic (exact) mass is 313 g/mol. The average Bonchev–Trinajstić information content (AvgIpc) is 2.49. The van der Waals surface area contributed by atoms with Gasteiger partial charge in [0.25, 0.3) is 0 Å². The summed E-state index contributed by atoms with van der Waals surface area (Å²) in [6, 6.07) is 4.96. The van der Waals surface area contributed by atoms with Gasteiger partial charge in [0.15, 0.2) is 0 Å². The average molecular weight is 314 g/mol. The fourth-order valence-corrected chi connectivity index (χ4v) is 2.36. The van der Waals surface area contributed by atoms with Gasteiger partial charge in [-0.25, -0.2) is 0 Å². The smallest absolute Gasteiger partial charge is 0.225 e. The van der Waals surface area contributed by atoms with E-state index in [1.165, 1.54) is 0 Å². The van der Waals surface area contributed by atoms with Crippen LogP contribution in [0.5, 0.6) is 0 Å². The summed E-state index contributed by atoms with van der Waals surface area (Å²) in [5, 5.41) is 12.5. The highest BCUT2D eigenvalue weighted by Gasteiger charge is 2.22. The van der Waals surface area contributed by atoms with Gasteiger partial charge in [0, 0.05) is 25.2 Å². The highest BCUT2D eigenvalue weighted by Crippen LogP contribution is 2.22. The van der Waals surface area contributed by atoms with Crippen LogP contribution in [0.1, 0.15) is 6.42 Å². The fraction of sp³-hybridized carbons (Fsp3) is 0.500. The van der Waals surface area contributed by atoms with Gasteiger partial charge in [-0.15, -0.1) is 0 Å². The standard InChI is InChI=1S/C14H20ClN3O3/c15-12-2-1-10(7-13(12)16)17-14(20)3-4-18-5-6-21-9-11(18)8-19/h1-2,7,11,19H,3-6,8-9,16H2,(H,17,20). The molecule has 1 atom stereocenters. The van der Waals surface area contributed by atoms with E-state index in [-0.39, 0.29) is 18.6 Å². The number of hydrogen-bond donors (Lipinski definition) is 3. The molecule has 1 amide bonds. The van der Waals surface area contributed by atoms with Crippen molar-refractivity contribution in [1.82, 2.24) is 4.90 Å². The van der Waals surface area contributed by atoms with E-state index in [9.17, 15) is 9.90 Å². The molecule has 4 N–H and O–H groups in total. The van der Waals surface area contributed by atoms with Gasteiger partial charge >= 0.3 is 0 Å². The molecule has 0 spiro atoms. The lowest BCUT2D eigenvalue weighted by molar-refractivity contribution is -0.117. The van der Waals surface area contributed by atoms with Crippen LogP contribution in [0, 0.1) is 0 Å². The molecule has 0 aliphatic carbocycles. The Morgan fingerprint density at radius 1 is 1.57 bits per heavy atom. The first kappa shape index (κ1) is 16.0. The topological polar surface area (TPSA) is 87.8 Å². The Morgan fingerprint density at radius 3 is 3.10 bits per heavy atom. The number of benzene rings is 1. The van der Waals surface area contributed by atoms with E-state index in [4.69, 9.17) is 22.1 Å². The highest BCUT2D eigenvalue weighted by atomic mass is 35.5. The largest absolute Gasteiger partial charge is 0.397 e. The number of aliphatic hydroxyl groups is 1. The quantitative estimate of drug-likeness (QED) is 0.704. The maximum absolute atomic E-state index is 11.9. The third kappa shape index (κ3) is 4.57. The summed E-state index contributed by atoms with van der Waals surface area (Å²) in [6.07, 6.45) is 0.346. The number of nitrogens with zero attached hydrogens (tertiary/aromatic N) is 1. The van der Waals surface area contributed by atoms with Gasteiger partial charge in [-0.1, -0.05) is 11.6 Å². The summed E-state index contributed by atoms with van der Waals surface area (Å²) in [4.78, 5) is 14.0. The maximum Gasteiger partial charge on any atom is 0.225 e. The van der Waals surface area contributed by atoms with Crippen LogP contribution in [0.15, 0.2) is 18.2 Å². The summed E-state index contributed by atoms with van der Waals surface area (Å²) in [7, 11) is 0. The van der Waals surface area contributed by atoms with Crippen LogP contribution in [0.3, 0.4) is 0 Å². The number of nitrogens with two attached hydrogens (primary N) is 1. The second-order valence-electron chi connectivity index (χ2n) is 4.98. The second-order valence-corrected chi connectivity index (χ2v) is 5.39. The minimum atomic E-state index is -0.0973. The lowest BCUT2D eigenvalue weighted by Crippen LogP contribution is -2.48. The third-order valence-corrected chi connectivity index (χ3v) is 3.81. The van der Waals surface area contributed by atoms with Crippen LogP contribution in [-0.4, -0.2) is 54.9 Å². The van der Waals surface area contributed by atoms with Crippen molar-refractivity contribution >= 4 is 28.9 Å². The molecule has 21 heavy (non-hydrogen) atoms. The van der Waals surface area contributed by atoms with Crippen LogP contribution >= 0.6 is 11.6 Å². The molecule has 1 aliphatic heterocycles. The third-order valence-electron chi connectivity index (χ3n) is 3.47. The van der Waals surface area contributed by atoms with Crippen molar-refractivity contribution in [2.24, 2.45) is 0 Å². The number of aliphatic hydroxyl groups excluding tert-OH is 1. The zero-order chi connectivity index (χ0) is 15.2. The minimum Gasteiger partial charge on any atom is -0.397 e. The SMILES string of the molecule is Nc1cc(NC(=O)CCN2CCOCC2CO)ccc1Cl. The number of nitrogen functional groups attached to an aromatic ring is 1. The Kier molecular flexibility index (Phi) is 5.81. The molecule has 0 aromatic heterocycles. The zero-order valence-corrected chi connectivity index (χ0v) is 12.5. The van der Waals surface area contributed by atoms with Crippen molar-refractivity contribution < 1.29 is 14.6 Å². The van der Waals surface area contributed by atoms with Gasteiger partial charge in [0.2, 0.25) is 5.91 Å². The molecule has 1 fully saturated rings. The molecule has 0 radical (unpaired) electrons. The number of ether oxygens (including phenoxy) is 1. The highest BCUT2D eigenvalue weighted by molar-refractivity contribution is 6.33. The van der Waals surface area contributed by atoms with E-state index in [1.54, 1.807) is 18.2 Å². The number of amides is 1. The molecule has 2 rings (SSSR count). The number of carbonyl (C=O) groups excluding carboxylic acids is 1. The Balaban J connectivity index is 1.82. The molecule has 1 heterocycles. The molecule has 116 valence electrons. The van der Waals surface area contributed by atoms with Gasteiger partial charge in [-0.05, 0) is 18.2 Å². The van der Waals surface area contributed by atoms with Crippen LogP contribution in [0.4, 0.5) is 11.4 Å². The van der Waals surface area contributed by atoms with Crippen molar-refractivity contribution in [3.63, 3.8) is 0 Å². The van der Waals surface area contributed by atoms with E-state index in [2.05, 4.69) is 10.2 Å². The molecule has 1 unspecified atom stereocenters. The van der Waals surface area contributed by atoms with Crippen molar-refractivity contribution in [1.29, 1.82) is 0 Å². The molecular weight excluding hydrogens is 294 g/mol. The van der Waals surface area contributed by atoms with E-state index in [1.807, 2.05) is 0 Å². The predicted octanol–water partition coefficient (Wildman–Crippen LogP) is 0.944. The first-order valence-corrected chi connectivity index (χ1v) is 7.25. The summed E-state index contributed by atoms with van der Waals surface area (Å²) in [5.41, 5.74) is 6.75. The molecule has 0 saturated carbocycles. The first-order valence-electron chi connectivity index (χ1n) is 6.87. The van der Waals surface area contributed by atoms with Gasteiger partial charge < -0.3 is 20.9 Å². The Bertz CT molecular complexity index is 498. The molecule has 0 bridgehead atoms. The molecule has 1 saturated heterocycles. The molecule has 7 heteroatoms. The molecule has 1 aliphatic rings. The van der Waals surface area contributed by atoms with Crippen molar-refractivity contribution in [3.8, 4) is 0 Å². The lowest BCUT2D eigenvalue weighted by Gasteiger charge is -2.34. The van der Waals surface area contributed by atoms with Gasteiger partial charge in [-0.3, -0.25) is 9.69 Å². The Hall–Kier alpha value is -1.34. The van der Waals surface area contributed by atoms with Crippen LogP contribution in [0.2, 0.25) is 5.02 Å². The summed E-state index contributed by atoms with van der Waals surface area (Å²) in [6.45, 7) is 2.49. The normalized spacial score (nSPS) is 19.4. The van der Waals surface area contributed by atoms with Crippen LogP contribution in [-0.2, 0) is 9.53 Å². The second kappa shape index (κ2) is 7.61. The van der Waals surface area contributed by atoms with E-state index in [0.29, 0.717) is 42.6 Å². The zero-order valence-electron chi connectivity index (χ0n) is 11.7. The lowest BCUT2D eigenvalue weighted by atomic mass is 10.2. The first-order chi connectivity index (χ1) is 10.1. The van der Waals surface area contributed by atoms with Gasteiger partial charge in [0.1, 0.15) is 0 Å². The molecule has 1 aromatic carbocycles. The number of rotatable bonds is 5. The van der Waals surface area contributed by atoms with Crippen molar-refractivity contribution in [2.75, 3.05) is 44.0 Å². The van der Waals surface area contributed by atoms with Crippen molar-refractivity contribution in [3.05, 3.63) is 23.2 Å². The molecule has 6 nitrogen and oxygen atoms in total. The van der Waals surface area contributed by atoms with Crippen LogP contribution < -0.4 is 11.1 Å². The number of halogens is 1. The predicted molar refractivity (Wildman–Crippen MR) is 82.4 cm³/mol. The van der Waals surface area contributed by atoms with E-state index in [0.717, 1.165) is 6.54 Å². The molecule has 1 aromatic rings. The minimum absolute atomic E-state index is 0.0299. The maximum atomic E-state index is 11.9. The number of carbonyl (C=O) groups is 1.